The van der Waals surface area contributed by atoms with E-state index in [1.165, 1.54) is 12.8 Å². The molecule has 0 radical (unpaired) electrons. The van der Waals surface area contributed by atoms with Crippen LogP contribution >= 0.6 is 0 Å². The molecule has 0 atom stereocenters. The molecular formula is C12H19N. The number of hydrogen-bond acceptors (Lipinski definition) is 1. The van der Waals surface area contributed by atoms with E-state index in [1.54, 1.807) is 6.08 Å². The number of rotatable bonds is 3. The molecule has 72 valence electrons. The summed E-state index contributed by atoms with van der Waals surface area (Å²) in [5.74, 6) is 0.882. The second kappa shape index (κ2) is 4.90. The third-order valence-corrected chi connectivity index (χ3v) is 2.61. The number of piperidine rings is 1. The lowest BCUT2D eigenvalue weighted by molar-refractivity contribution is 0.244. The fraction of sp³-hybridized carbons (Fsp3) is 0.500. The van der Waals surface area contributed by atoms with Gasteiger partial charge in [0.25, 0.3) is 0 Å². The lowest BCUT2D eigenvalue weighted by Gasteiger charge is -2.32. The molecule has 1 aliphatic heterocycles. The molecule has 0 unspecified atom stereocenters. The van der Waals surface area contributed by atoms with Gasteiger partial charge in [-0.3, -0.25) is 0 Å². The Morgan fingerprint density at radius 2 is 2.00 bits per heavy atom. The van der Waals surface area contributed by atoms with Crippen molar-refractivity contribution in [3.05, 3.63) is 37.1 Å². The topological polar surface area (TPSA) is 3.24 Å². The maximum absolute atomic E-state index is 4.03. The molecule has 0 aliphatic carbocycles. The second-order valence-corrected chi connectivity index (χ2v) is 3.76. The Morgan fingerprint density at radius 1 is 1.38 bits per heavy atom. The van der Waals surface area contributed by atoms with Crippen LogP contribution in [0.15, 0.2) is 37.1 Å². The molecule has 1 nitrogen and oxygen atoms in total. The van der Waals surface area contributed by atoms with E-state index >= 15 is 0 Å². The van der Waals surface area contributed by atoms with E-state index in [-0.39, 0.29) is 0 Å². The number of likely N-dealkylation sites (tertiary alicyclic amines) is 1. The molecule has 13 heavy (non-hydrogen) atoms. The summed E-state index contributed by atoms with van der Waals surface area (Å²) in [5.41, 5.74) is 1.12. The zero-order valence-electron chi connectivity index (χ0n) is 8.50. The predicted molar refractivity (Wildman–Crippen MR) is 58.4 cm³/mol. The normalized spacial score (nSPS) is 19.3. The van der Waals surface area contributed by atoms with Crippen molar-refractivity contribution in [3.63, 3.8) is 0 Å². The van der Waals surface area contributed by atoms with Crippen molar-refractivity contribution in [1.82, 2.24) is 4.90 Å². The van der Waals surface area contributed by atoms with E-state index < -0.39 is 0 Å². The Labute approximate surface area is 81.4 Å². The molecule has 0 aromatic carbocycles. The Balaban J connectivity index is 2.40. The van der Waals surface area contributed by atoms with Crippen molar-refractivity contribution in [2.75, 3.05) is 13.1 Å². The highest BCUT2D eigenvalue weighted by Gasteiger charge is 2.14. The van der Waals surface area contributed by atoms with Gasteiger partial charge >= 0.3 is 0 Å². The summed E-state index contributed by atoms with van der Waals surface area (Å²) in [6, 6.07) is 0. The maximum atomic E-state index is 4.03. The first-order chi connectivity index (χ1) is 6.24. The molecule has 0 aromatic rings. The summed E-state index contributed by atoms with van der Waals surface area (Å²) < 4.78 is 0. The SMILES string of the molecule is C=C/C=C\C(=C)N1CCC(C)CC1. The highest BCUT2D eigenvalue weighted by atomic mass is 15.1. The Kier molecular flexibility index (Phi) is 3.81. The Morgan fingerprint density at radius 3 is 2.54 bits per heavy atom. The smallest absolute Gasteiger partial charge is 0.0293 e. The van der Waals surface area contributed by atoms with Crippen molar-refractivity contribution in [2.45, 2.75) is 19.8 Å². The average molecular weight is 177 g/mol. The molecule has 0 spiro atoms. The fourth-order valence-electron chi connectivity index (χ4n) is 1.58. The molecule has 0 amide bonds. The third-order valence-electron chi connectivity index (χ3n) is 2.61. The lowest BCUT2D eigenvalue weighted by atomic mass is 9.99. The summed E-state index contributed by atoms with van der Waals surface area (Å²) in [4.78, 5) is 2.35. The fourth-order valence-corrected chi connectivity index (χ4v) is 1.58. The van der Waals surface area contributed by atoms with Crippen molar-refractivity contribution >= 4 is 0 Å². The number of allylic oxidation sites excluding steroid dienone is 3. The molecule has 1 saturated heterocycles. The zero-order chi connectivity index (χ0) is 9.68. The second-order valence-electron chi connectivity index (χ2n) is 3.76. The molecule has 1 fully saturated rings. The van der Waals surface area contributed by atoms with Crippen molar-refractivity contribution in [2.24, 2.45) is 5.92 Å². The van der Waals surface area contributed by atoms with E-state index in [4.69, 9.17) is 0 Å². The van der Waals surface area contributed by atoms with Gasteiger partial charge in [0.05, 0.1) is 0 Å². The van der Waals surface area contributed by atoms with Crippen LogP contribution in [0.5, 0.6) is 0 Å². The minimum Gasteiger partial charge on any atom is -0.372 e. The van der Waals surface area contributed by atoms with Gasteiger partial charge in [0.15, 0.2) is 0 Å². The van der Waals surface area contributed by atoms with Crippen LogP contribution < -0.4 is 0 Å². The van der Waals surface area contributed by atoms with Crippen LogP contribution in [0.2, 0.25) is 0 Å². The first-order valence-electron chi connectivity index (χ1n) is 4.97. The van der Waals surface area contributed by atoms with Crippen molar-refractivity contribution in [3.8, 4) is 0 Å². The van der Waals surface area contributed by atoms with Crippen LogP contribution in [0.25, 0.3) is 0 Å². The van der Waals surface area contributed by atoms with E-state index in [0.717, 1.165) is 24.7 Å². The summed E-state index contributed by atoms with van der Waals surface area (Å²) >= 11 is 0. The van der Waals surface area contributed by atoms with E-state index in [9.17, 15) is 0 Å². The van der Waals surface area contributed by atoms with Crippen LogP contribution in [0.4, 0.5) is 0 Å². The summed E-state index contributed by atoms with van der Waals surface area (Å²) in [5, 5.41) is 0. The van der Waals surface area contributed by atoms with Gasteiger partial charge in [-0.1, -0.05) is 32.2 Å². The molecule has 1 aliphatic rings. The minimum absolute atomic E-state index is 0.882. The van der Waals surface area contributed by atoms with Gasteiger partial charge < -0.3 is 4.90 Å². The van der Waals surface area contributed by atoms with Gasteiger partial charge in [0.1, 0.15) is 0 Å². The average Bonchev–Trinajstić information content (AvgIpc) is 2.15. The van der Waals surface area contributed by atoms with E-state index in [1.807, 2.05) is 12.2 Å². The molecule has 0 N–H and O–H groups in total. The number of nitrogens with zero attached hydrogens (tertiary/aromatic N) is 1. The van der Waals surface area contributed by atoms with Crippen molar-refractivity contribution in [1.29, 1.82) is 0 Å². The Hall–Kier alpha value is -0.980. The van der Waals surface area contributed by atoms with Crippen LogP contribution in [0, 0.1) is 5.92 Å². The number of hydrogen-bond donors (Lipinski definition) is 0. The van der Waals surface area contributed by atoms with Gasteiger partial charge in [-0.15, -0.1) is 0 Å². The van der Waals surface area contributed by atoms with E-state index in [0.29, 0.717) is 0 Å². The molecule has 1 heteroatoms. The molecule has 1 heterocycles. The van der Waals surface area contributed by atoms with E-state index in [2.05, 4.69) is 25.0 Å². The molecule has 0 aromatic heterocycles. The van der Waals surface area contributed by atoms with Gasteiger partial charge in [0, 0.05) is 18.8 Å². The van der Waals surface area contributed by atoms with Crippen LogP contribution in [0.1, 0.15) is 19.8 Å². The predicted octanol–water partition coefficient (Wildman–Crippen LogP) is 2.97. The first kappa shape index (κ1) is 10.1. The highest BCUT2D eigenvalue weighted by Crippen LogP contribution is 2.19. The van der Waals surface area contributed by atoms with Gasteiger partial charge in [-0.2, -0.15) is 0 Å². The molecular weight excluding hydrogens is 158 g/mol. The summed E-state index contributed by atoms with van der Waals surface area (Å²) in [6.45, 7) is 12.3. The van der Waals surface area contributed by atoms with Gasteiger partial charge in [0.2, 0.25) is 0 Å². The highest BCUT2D eigenvalue weighted by molar-refractivity contribution is 5.17. The largest absolute Gasteiger partial charge is 0.372 e. The summed E-state index contributed by atoms with van der Waals surface area (Å²) in [7, 11) is 0. The van der Waals surface area contributed by atoms with Crippen LogP contribution in [0.3, 0.4) is 0 Å². The van der Waals surface area contributed by atoms with Crippen LogP contribution in [-0.4, -0.2) is 18.0 Å². The molecule has 0 saturated carbocycles. The third kappa shape index (κ3) is 3.10. The standard InChI is InChI=1S/C12H19N/c1-4-5-6-12(3)13-9-7-11(2)8-10-13/h4-6,11H,1,3,7-10H2,2H3/b6-5-. The van der Waals surface area contributed by atoms with Gasteiger partial charge in [-0.25, -0.2) is 0 Å². The van der Waals surface area contributed by atoms with Crippen LogP contribution in [-0.2, 0) is 0 Å². The van der Waals surface area contributed by atoms with Gasteiger partial charge in [-0.05, 0) is 24.8 Å². The lowest BCUT2D eigenvalue weighted by Crippen LogP contribution is -2.31. The quantitative estimate of drug-likeness (QED) is 0.599. The first-order valence-corrected chi connectivity index (χ1v) is 4.97. The monoisotopic (exact) mass is 177 g/mol. The van der Waals surface area contributed by atoms with Crippen molar-refractivity contribution < 1.29 is 0 Å². The maximum Gasteiger partial charge on any atom is 0.0293 e. The zero-order valence-corrected chi connectivity index (χ0v) is 8.50. The molecule has 1 rings (SSSR count). The summed E-state index contributed by atoms with van der Waals surface area (Å²) in [6.07, 6.45) is 8.35. The Bertz CT molecular complexity index is 207. The minimum atomic E-state index is 0.882. The molecule has 0 bridgehead atoms.